The number of halogens is 1. The summed E-state index contributed by atoms with van der Waals surface area (Å²) < 4.78 is 13.6. The highest BCUT2D eigenvalue weighted by Crippen LogP contribution is 2.15. The number of amides is 2. The molecule has 0 fully saturated rings. The molecule has 0 radical (unpaired) electrons. The van der Waals surface area contributed by atoms with Gasteiger partial charge in [-0.05, 0) is 36.1 Å². The number of nitrogens with one attached hydrogen (secondary N) is 2. The van der Waals surface area contributed by atoms with Crippen molar-refractivity contribution < 1.29 is 14.0 Å². The average molecular weight is 342 g/mol. The third-order valence-corrected chi connectivity index (χ3v) is 3.91. The zero-order chi connectivity index (χ0) is 18.4. The van der Waals surface area contributed by atoms with Crippen LogP contribution in [-0.4, -0.2) is 17.9 Å². The second kappa shape index (κ2) is 8.42. The monoisotopic (exact) mass is 342 g/mol. The number of aryl methyl sites for hydroxylation is 1. The van der Waals surface area contributed by atoms with E-state index in [0.29, 0.717) is 11.3 Å². The Bertz CT molecular complexity index is 745. The molecule has 2 amide bonds. The first kappa shape index (κ1) is 18.6. The average Bonchev–Trinajstić information content (AvgIpc) is 2.56. The highest BCUT2D eigenvalue weighted by atomic mass is 19.1. The Hall–Kier alpha value is -2.69. The number of hydrogen-bond donors (Lipinski definition) is 2. The molecular formula is C20H23FN2O2. The van der Waals surface area contributed by atoms with Gasteiger partial charge in [-0.3, -0.25) is 9.59 Å². The maximum absolute atomic E-state index is 13.6. The maximum atomic E-state index is 13.6. The van der Waals surface area contributed by atoms with Crippen LogP contribution in [0.3, 0.4) is 0 Å². The molecule has 0 saturated carbocycles. The molecule has 1 atom stereocenters. The summed E-state index contributed by atoms with van der Waals surface area (Å²) >= 11 is 0. The topological polar surface area (TPSA) is 58.2 Å². The maximum Gasteiger partial charge on any atom is 0.247 e. The molecule has 0 heterocycles. The first-order valence-corrected chi connectivity index (χ1v) is 8.27. The number of anilines is 1. The van der Waals surface area contributed by atoms with Crippen LogP contribution in [-0.2, 0) is 16.0 Å². The molecule has 0 aliphatic carbocycles. The van der Waals surface area contributed by atoms with E-state index in [4.69, 9.17) is 0 Å². The van der Waals surface area contributed by atoms with Crippen LogP contribution in [0.1, 0.15) is 25.0 Å². The normalized spacial score (nSPS) is 11.9. The Morgan fingerprint density at radius 1 is 1.08 bits per heavy atom. The van der Waals surface area contributed by atoms with Crippen molar-refractivity contribution in [1.82, 2.24) is 5.32 Å². The van der Waals surface area contributed by atoms with Gasteiger partial charge in [-0.1, -0.05) is 50.2 Å². The van der Waals surface area contributed by atoms with Crippen LogP contribution >= 0.6 is 0 Å². The molecular weight excluding hydrogens is 319 g/mol. The molecule has 2 aromatic carbocycles. The minimum atomic E-state index is -0.694. The van der Waals surface area contributed by atoms with Crippen LogP contribution in [0.4, 0.5) is 10.1 Å². The van der Waals surface area contributed by atoms with Gasteiger partial charge in [0.1, 0.15) is 11.9 Å². The summed E-state index contributed by atoms with van der Waals surface area (Å²) in [6, 6.07) is 13.1. The van der Waals surface area contributed by atoms with Crippen LogP contribution in [0.25, 0.3) is 0 Å². The molecule has 0 unspecified atom stereocenters. The summed E-state index contributed by atoms with van der Waals surface area (Å²) in [5.41, 5.74) is 1.76. The van der Waals surface area contributed by atoms with Crippen LogP contribution in [0.15, 0.2) is 48.5 Å². The van der Waals surface area contributed by atoms with Gasteiger partial charge in [-0.2, -0.15) is 0 Å². The minimum Gasteiger partial charge on any atom is -0.344 e. The molecule has 2 rings (SSSR count). The fourth-order valence-electron chi connectivity index (χ4n) is 2.43. The van der Waals surface area contributed by atoms with E-state index in [0.717, 1.165) is 5.56 Å². The molecule has 0 aliphatic rings. The second-order valence-corrected chi connectivity index (χ2v) is 6.40. The SMILES string of the molecule is Cc1ccc(NC(=O)[C@@H](NC(=O)Cc2ccccc2)C(C)C)cc1F. The molecule has 0 saturated heterocycles. The molecule has 25 heavy (non-hydrogen) atoms. The van der Waals surface area contributed by atoms with Gasteiger partial charge in [0.05, 0.1) is 6.42 Å². The summed E-state index contributed by atoms with van der Waals surface area (Å²) in [5.74, 6) is -1.07. The third kappa shape index (κ3) is 5.41. The molecule has 2 aromatic rings. The number of benzene rings is 2. The summed E-state index contributed by atoms with van der Waals surface area (Å²) in [6.07, 6.45) is 0.205. The van der Waals surface area contributed by atoms with E-state index in [9.17, 15) is 14.0 Å². The van der Waals surface area contributed by atoms with Crippen molar-refractivity contribution in [3.8, 4) is 0 Å². The van der Waals surface area contributed by atoms with Gasteiger partial charge in [-0.25, -0.2) is 4.39 Å². The second-order valence-electron chi connectivity index (χ2n) is 6.40. The van der Waals surface area contributed by atoms with E-state index in [-0.39, 0.29) is 30.0 Å². The van der Waals surface area contributed by atoms with Gasteiger partial charge in [0.25, 0.3) is 0 Å². The zero-order valence-corrected chi connectivity index (χ0v) is 14.7. The van der Waals surface area contributed by atoms with Crippen molar-refractivity contribution in [2.75, 3.05) is 5.32 Å². The Morgan fingerprint density at radius 3 is 2.36 bits per heavy atom. The lowest BCUT2D eigenvalue weighted by atomic mass is 10.0. The van der Waals surface area contributed by atoms with E-state index in [1.807, 2.05) is 44.2 Å². The van der Waals surface area contributed by atoms with Gasteiger partial charge < -0.3 is 10.6 Å². The molecule has 0 aromatic heterocycles. The van der Waals surface area contributed by atoms with Crippen molar-refractivity contribution in [3.05, 3.63) is 65.5 Å². The van der Waals surface area contributed by atoms with Gasteiger partial charge >= 0.3 is 0 Å². The third-order valence-electron chi connectivity index (χ3n) is 3.91. The number of carbonyl (C=O) groups is 2. The Balaban J connectivity index is 2.02. The minimum absolute atomic E-state index is 0.102. The highest BCUT2D eigenvalue weighted by Gasteiger charge is 2.24. The smallest absolute Gasteiger partial charge is 0.247 e. The number of carbonyl (C=O) groups excluding carboxylic acids is 2. The van der Waals surface area contributed by atoms with Crippen LogP contribution < -0.4 is 10.6 Å². The van der Waals surface area contributed by atoms with E-state index < -0.39 is 6.04 Å². The van der Waals surface area contributed by atoms with Crippen molar-refractivity contribution in [2.45, 2.75) is 33.2 Å². The quantitative estimate of drug-likeness (QED) is 0.845. The van der Waals surface area contributed by atoms with Crippen molar-refractivity contribution in [2.24, 2.45) is 5.92 Å². The molecule has 2 N–H and O–H groups in total. The van der Waals surface area contributed by atoms with Gasteiger partial charge in [0, 0.05) is 5.69 Å². The fourth-order valence-corrected chi connectivity index (χ4v) is 2.43. The van der Waals surface area contributed by atoms with E-state index in [2.05, 4.69) is 10.6 Å². The van der Waals surface area contributed by atoms with Crippen LogP contribution in [0.5, 0.6) is 0 Å². The Morgan fingerprint density at radius 2 is 1.76 bits per heavy atom. The highest BCUT2D eigenvalue weighted by molar-refractivity contribution is 5.97. The summed E-state index contributed by atoms with van der Waals surface area (Å²) in [6.45, 7) is 5.35. The van der Waals surface area contributed by atoms with Gasteiger partial charge in [-0.15, -0.1) is 0 Å². The lowest BCUT2D eigenvalue weighted by Gasteiger charge is -2.22. The lowest BCUT2D eigenvalue weighted by molar-refractivity contribution is -0.127. The summed E-state index contributed by atoms with van der Waals surface area (Å²) in [4.78, 5) is 24.7. The van der Waals surface area contributed by atoms with E-state index in [1.165, 1.54) is 6.07 Å². The van der Waals surface area contributed by atoms with Crippen LogP contribution in [0, 0.1) is 18.7 Å². The van der Waals surface area contributed by atoms with Gasteiger partial charge in [0.2, 0.25) is 11.8 Å². The molecule has 0 bridgehead atoms. The number of hydrogen-bond acceptors (Lipinski definition) is 2. The van der Waals surface area contributed by atoms with Crippen molar-refractivity contribution >= 4 is 17.5 Å². The number of rotatable bonds is 6. The first-order chi connectivity index (χ1) is 11.9. The zero-order valence-electron chi connectivity index (χ0n) is 14.7. The molecule has 0 aliphatic heterocycles. The summed E-state index contributed by atoms with van der Waals surface area (Å²) in [7, 11) is 0. The summed E-state index contributed by atoms with van der Waals surface area (Å²) in [5, 5.41) is 5.43. The molecule has 5 heteroatoms. The first-order valence-electron chi connectivity index (χ1n) is 8.27. The standard InChI is InChI=1S/C20H23FN2O2/c1-13(2)19(23-18(24)11-15-7-5-4-6-8-15)20(25)22-16-10-9-14(3)17(21)12-16/h4-10,12-13,19H,11H2,1-3H3,(H,22,25)(H,23,24)/t19-/m0/s1. The Kier molecular flexibility index (Phi) is 6.28. The largest absolute Gasteiger partial charge is 0.344 e. The predicted molar refractivity (Wildman–Crippen MR) is 96.7 cm³/mol. The molecule has 0 spiro atoms. The molecule has 4 nitrogen and oxygen atoms in total. The van der Waals surface area contributed by atoms with Crippen molar-refractivity contribution in [1.29, 1.82) is 0 Å². The van der Waals surface area contributed by atoms with E-state index in [1.54, 1.807) is 19.1 Å². The van der Waals surface area contributed by atoms with Gasteiger partial charge in [0.15, 0.2) is 0 Å². The van der Waals surface area contributed by atoms with E-state index >= 15 is 0 Å². The Labute approximate surface area is 147 Å². The predicted octanol–water partition coefficient (Wildman–Crippen LogP) is 3.46. The molecule has 132 valence electrons. The van der Waals surface area contributed by atoms with Crippen LogP contribution in [0.2, 0.25) is 0 Å². The lowest BCUT2D eigenvalue weighted by Crippen LogP contribution is -2.47. The fraction of sp³-hybridized carbons (Fsp3) is 0.300. The van der Waals surface area contributed by atoms with Crippen molar-refractivity contribution in [3.63, 3.8) is 0 Å².